The molecule has 0 amide bonds. The minimum atomic E-state index is -0.419. The lowest BCUT2D eigenvalue weighted by molar-refractivity contribution is -0.384. The van der Waals surface area contributed by atoms with Gasteiger partial charge in [-0.05, 0) is 24.5 Å². The van der Waals surface area contributed by atoms with Gasteiger partial charge in [0, 0.05) is 30.5 Å². The van der Waals surface area contributed by atoms with Crippen LogP contribution in [0.2, 0.25) is 0 Å². The Bertz CT molecular complexity index is 363. The van der Waals surface area contributed by atoms with Crippen molar-refractivity contribution in [3.63, 3.8) is 0 Å². The number of nitro benzene ring substituents is 1. The molecule has 0 aromatic heterocycles. The van der Waals surface area contributed by atoms with Gasteiger partial charge in [-0.1, -0.05) is 13.8 Å². The van der Waals surface area contributed by atoms with Crippen LogP contribution in [0.1, 0.15) is 20.3 Å². The summed E-state index contributed by atoms with van der Waals surface area (Å²) in [5, 5.41) is 22.7. The number of hydrogen-bond acceptors (Lipinski definition) is 4. The number of rotatable bonds is 6. The highest BCUT2D eigenvalue weighted by molar-refractivity contribution is 5.49. The summed E-state index contributed by atoms with van der Waals surface area (Å²) in [6.45, 7) is 4.26. The Morgan fingerprint density at radius 3 is 2.35 bits per heavy atom. The molecule has 0 heterocycles. The fraction of sp³-hybridized carbons (Fsp3) is 0.500. The second kappa shape index (κ2) is 6.20. The molecule has 1 aromatic carbocycles. The summed E-state index contributed by atoms with van der Waals surface area (Å²) in [5.74, 6) is 0.386. The lowest BCUT2D eigenvalue weighted by atomic mass is 10.0. The van der Waals surface area contributed by atoms with E-state index in [1.807, 2.05) is 0 Å². The minimum absolute atomic E-state index is 0.0822. The van der Waals surface area contributed by atoms with Crippen LogP contribution in [-0.2, 0) is 0 Å². The van der Waals surface area contributed by atoms with Gasteiger partial charge in [-0.3, -0.25) is 10.1 Å². The molecule has 0 saturated heterocycles. The zero-order valence-electron chi connectivity index (χ0n) is 10.1. The zero-order chi connectivity index (χ0) is 12.8. The molecule has 5 heteroatoms. The average molecular weight is 238 g/mol. The number of aliphatic hydroxyl groups is 1. The molecule has 2 N–H and O–H groups in total. The van der Waals surface area contributed by atoms with Crippen LogP contribution in [0.15, 0.2) is 24.3 Å². The standard InChI is InChI=1S/C12H18N2O3/c1-9(2)12(7-8-15)13-10-3-5-11(6-4-10)14(16)17/h3-6,9,12-13,15H,7-8H2,1-2H3. The molecule has 1 atom stereocenters. The predicted octanol–water partition coefficient (Wildman–Crippen LogP) is 2.41. The summed E-state index contributed by atoms with van der Waals surface area (Å²) < 4.78 is 0. The van der Waals surface area contributed by atoms with Crippen molar-refractivity contribution in [1.29, 1.82) is 0 Å². The highest BCUT2D eigenvalue weighted by Crippen LogP contribution is 2.18. The van der Waals surface area contributed by atoms with Crippen molar-refractivity contribution in [1.82, 2.24) is 0 Å². The third-order valence-corrected chi connectivity index (χ3v) is 2.68. The summed E-state index contributed by atoms with van der Waals surface area (Å²) in [6.07, 6.45) is 0.661. The SMILES string of the molecule is CC(C)C(CCO)Nc1ccc([N+](=O)[O-])cc1. The first kappa shape index (κ1) is 13.4. The fourth-order valence-electron chi connectivity index (χ4n) is 1.60. The Kier molecular flexibility index (Phi) is 4.90. The van der Waals surface area contributed by atoms with E-state index in [2.05, 4.69) is 19.2 Å². The molecule has 0 aliphatic rings. The maximum absolute atomic E-state index is 10.5. The van der Waals surface area contributed by atoms with Crippen molar-refractivity contribution in [3.8, 4) is 0 Å². The molecule has 0 aliphatic carbocycles. The van der Waals surface area contributed by atoms with Crippen molar-refractivity contribution in [2.24, 2.45) is 5.92 Å². The van der Waals surface area contributed by atoms with E-state index in [-0.39, 0.29) is 18.3 Å². The molecule has 17 heavy (non-hydrogen) atoms. The smallest absolute Gasteiger partial charge is 0.269 e. The van der Waals surface area contributed by atoms with E-state index < -0.39 is 4.92 Å². The van der Waals surface area contributed by atoms with Gasteiger partial charge in [0.05, 0.1) is 4.92 Å². The van der Waals surface area contributed by atoms with E-state index in [0.29, 0.717) is 12.3 Å². The molecular formula is C12H18N2O3. The zero-order valence-corrected chi connectivity index (χ0v) is 10.1. The van der Waals surface area contributed by atoms with Gasteiger partial charge in [0.2, 0.25) is 0 Å². The topological polar surface area (TPSA) is 75.4 Å². The molecule has 0 saturated carbocycles. The quantitative estimate of drug-likeness (QED) is 0.589. The van der Waals surface area contributed by atoms with Gasteiger partial charge in [0.1, 0.15) is 0 Å². The number of anilines is 1. The summed E-state index contributed by atoms with van der Waals surface area (Å²) >= 11 is 0. The highest BCUT2D eigenvalue weighted by atomic mass is 16.6. The lowest BCUT2D eigenvalue weighted by Gasteiger charge is -2.22. The first-order chi connectivity index (χ1) is 8.04. The number of nitro groups is 1. The first-order valence-electron chi connectivity index (χ1n) is 5.66. The average Bonchev–Trinajstić information content (AvgIpc) is 2.29. The van der Waals surface area contributed by atoms with E-state index in [0.717, 1.165) is 5.69 Å². The largest absolute Gasteiger partial charge is 0.396 e. The Morgan fingerprint density at radius 1 is 1.35 bits per heavy atom. The van der Waals surface area contributed by atoms with Crippen molar-refractivity contribution >= 4 is 11.4 Å². The number of hydrogen-bond donors (Lipinski definition) is 2. The van der Waals surface area contributed by atoms with Crippen LogP contribution < -0.4 is 5.32 Å². The number of benzene rings is 1. The maximum Gasteiger partial charge on any atom is 0.269 e. The van der Waals surface area contributed by atoms with Crippen LogP contribution >= 0.6 is 0 Å². The number of aliphatic hydroxyl groups excluding tert-OH is 1. The van der Waals surface area contributed by atoms with Crippen LogP contribution in [0.25, 0.3) is 0 Å². The van der Waals surface area contributed by atoms with Crippen molar-refractivity contribution in [3.05, 3.63) is 34.4 Å². The predicted molar refractivity (Wildman–Crippen MR) is 67.0 cm³/mol. The highest BCUT2D eigenvalue weighted by Gasteiger charge is 2.13. The third-order valence-electron chi connectivity index (χ3n) is 2.68. The van der Waals surface area contributed by atoms with Crippen LogP contribution in [0.4, 0.5) is 11.4 Å². The summed E-state index contributed by atoms with van der Waals surface area (Å²) in [6, 6.07) is 6.48. The van der Waals surface area contributed by atoms with E-state index in [9.17, 15) is 10.1 Å². The van der Waals surface area contributed by atoms with Gasteiger partial charge >= 0.3 is 0 Å². The van der Waals surface area contributed by atoms with E-state index in [4.69, 9.17) is 5.11 Å². The number of nitrogens with one attached hydrogen (secondary N) is 1. The summed E-state index contributed by atoms with van der Waals surface area (Å²) in [5.41, 5.74) is 0.918. The van der Waals surface area contributed by atoms with Crippen LogP contribution in [-0.4, -0.2) is 22.7 Å². The minimum Gasteiger partial charge on any atom is -0.396 e. The summed E-state index contributed by atoms with van der Waals surface area (Å²) in [4.78, 5) is 10.1. The molecule has 0 bridgehead atoms. The molecule has 0 fully saturated rings. The van der Waals surface area contributed by atoms with E-state index >= 15 is 0 Å². The molecule has 0 radical (unpaired) electrons. The maximum atomic E-state index is 10.5. The van der Waals surface area contributed by atoms with Crippen LogP contribution in [0.3, 0.4) is 0 Å². The Hall–Kier alpha value is -1.62. The second-order valence-corrected chi connectivity index (χ2v) is 4.31. The van der Waals surface area contributed by atoms with Gasteiger partial charge in [0.25, 0.3) is 5.69 Å². The lowest BCUT2D eigenvalue weighted by Crippen LogP contribution is -2.26. The summed E-state index contributed by atoms with van der Waals surface area (Å²) in [7, 11) is 0. The fourth-order valence-corrected chi connectivity index (χ4v) is 1.60. The molecule has 1 aromatic rings. The molecular weight excluding hydrogens is 220 g/mol. The Labute approximate surface area is 101 Å². The van der Waals surface area contributed by atoms with Gasteiger partial charge in [-0.25, -0.2) is 0 Å². The van der Waals surface area contributed by atoms with Crippen LogP contribution in [0, 0.1) is 16.0 Å². The van der Waals surface area contributed by atoms with Crippen molar-refractivity contribution < 1.29 is 10.0 Å². The molecule has 94 valence electrons. The molecule has 0 spiro atoms. The van der Waals surface area contributed by atoms with Gasteiger partial charge in [-0.2, -0.15) is 0 Å². The monoisotopic (exact) mass is 238 g/mol. The molecule has 1 unspecified atom stereocenters. The number of nitrogens with zero attached hydrogens (tertiary/aromatic N) is 1. The molecule has 1 rings (SSSR count). The third kappa shape index (κ3) is 4.03. The van der Waals surface area contributed by atoms with Gasteiger partial charge in [-0.15, -0.1) is 0 Å². The van der Waals surface area contributed by atoms with Crippen molar-refractivity contribution in [2.75, 3.05) is 11.9 Å². The number of non-ortho nitro benzene ring substituents is 1. The van der Waals surface area contributed by atoms with Crippen LogP contribution in [0.5, 0.6) is 0 Å². The van der Waals surface area contributed by atoms with E-state index in [1.165, 1.54) is 12.1 Å². The Morgan fingerprint density at radius 2 is 1.94 bits per heavy atom. The normalized spacial score (nSPS) is 12.5. The van der Waals surface area contributed by atoms with E-state index in [1.54, 1.807) is 12.1 Å². The Balaban J connectivity index is 2.69. The van der Waals surface area contributed by atoms with Gasteiger partial charge < -0.3 is 10.4 Å². The van der Waals surface area contributed by atoms with Crippen molar-refractivity contribution in [2.45, 2.75) is 26.3 Å². The van der Waals surface area contributed by atoms with Gasteiger partial charge in [0.15, 0.2) is 0 Å². The molecule has 0 aliphatic heterocycles. The second-order valence-electron chi connectivity index (χ2n) is 4.31. The first-order valence-corrected chi connectivity index (χ1v) is 5.66. The molecule has 5 nitrogen and oxygen atoms in total.